The highest BCUT2D eigenvalue weighted by Gasteiger charge is 2.41. The lowest BCUT2D eigenvalue weighted by Gasteiger charge is -2.35. The maximum atomic E-state index is 11.1. The van der Waals surface area contributed by atoms with Gasteiger partial charge in [0.2, 0.25) is 5.91 Å². The van der Waals surface area contributed by atoms with Crippen LogP contribution in [0.5, 0.6) is 0 Å². The number of rotatable bonds is 1. The molecule has 1 aliphatic heterocycles. The van der Waals surface area contributed by atoms with Crippen LogP contribution in [0.3, 0.4) is 0 Å². The molecule has 0 aromatic heterocycles. The number of aliphatic hydroxyl groups excluding tert-OH is 1. The van der Waals surface area contributed by atoms with E-state index in [1.165, 1.54) is 0 Å². The summed E-state index contributed by atoms with van der Waals surface area (Å²) in [7, 11) is -1.38. The van der Waals surface area contributed by atoms with E-state index >= 15 is 0 Å². The van der Waals surface area contributed by atoms with Crippen molar-refractivity contribution in [2.75, 3.05) is 0 Å². The van der Waals surface area contributed by atoms with E-state index in [2.05, 4.69) is 36.4 Å². The summed E-state index contributed by atoms with van der Waals surface area (Å²) < 4.78 is 0. The number of nitrogens with one attached hydrogen (secondary N) is 1. The summed E-state index contributed by atoms with van der Waals surface area (Å²) in [6.45, 7) is 8.08. The maximum Gasteiger partial charge on any atom is 0.229 e. The maximum absolute atomic E-state index is 11.1. The number of amides is 1. The molecule has 0 radical (unpaired) electrons. The monoisotopic (exact) mass is 211 g/mol. The molecule has 1 unspecified atom stereocenters. The fourth-order valence-corrected chi connectivity index (χ4v) is 1.90. The Morgan fingerprint density at radius 3 is 2.43 bits per heavy atom. The molecule has 0 bridgehead atoms. The number of carbonyl (C=O) groups is 1. The second kappa shape index (κ2) is 3.75. The van der Waals surface area contributed by atoms with Gasteiger partial charge in [0.05, 0.1) is 12.0 Å². The van der Waals surface area contributed by atoms with Crippen LogP contribution in [0.1, 0.15) is 6.92 Å². The lowest BCUT2D eigenvalue weighted by atomic mass is 9.87. The Morgan fingerprint density at radius 2 is 2.07 bits per heavy atom. The Morgan fingerprint density at radius 1 is 1.50 bits per heavy atom. The fourth-order valence-electron chi connectivity index (χ4n) is 1.31. The van der Waals surface area contributed by atoms with Gasteiger partial charge in [-0.05, 0) is 6.92 Å². The standard InChI is InChI=1S/C10H17NO2Si/c1-7(12)9-8(11-10(9)13)5-6-14(2,3)4/h7-9,12H,1-4H3,(H,11,13)/t7?,8-,9-/m1/s1. The highest BCUT2D eigenvalue weighted by Crippen LogP contribution is 2.18. The first kappa shape index (κ1) is 11.3. The molecule has 0 aliphatic carbocycles. The molecule has 1 heterocycles. The molecule has 0 spiro atoms. The summed E-state index contributed by atoms with van der Waals surface area (Å²) in [4.78, 5) is 11.1. The SMILES string of the molecule is CC(O)[C@H]1C(=O)N[C@@H]1C#C[Si](C)(C)C. The van der Waals surface area contributed by atoms with E-state index in [9.17, 15) is 9.90 Å². The van der Waals surface area contributed by atoms with Crippen molar-refractivity contribution in [2.45, 2.75) is 38.7 Å². The molecule has 14 heavy (non-hydrogen) atoms. The van der Waals surface area contributed by atoms with Crippen LogP contribution in [0.15, 0.2) is 0 Å². The zero-order valence-corrected chi connectivity index (χ0v) is 10.1. The van der Waals surface area contributed by atoms with Crippen LogP contribution in [0, 0.1) is 17.4 Å². The third-order valence-electron chi connectivity index (χ3n) is 2.08. The average molecular weight is 211 g/mol. The van der Waals surface area contributed by atoms with Crippen molar-refractivity contribution in [1.82, 2.24) is 5.32 Å². The van der Waals surface area contributed by atoms with Gasteiger partial charge in [-0.2, -0.15) is 0 Å². The third-order valence-corrected chi connectivity index (χ3v) is 2.98. The van der Waals surface area contributed by atoms with Crippen LogP contribution in [0.2, 0.25) is 19.6 Å². The van der Waals surface area contributed by atoms with Crippen LogP contribution >= 0.6 is 0 Å². The second-order valence-corrected chi connectivity index (χ2v) is 9.52. The minimum Gasteiger partial charge on any atom is -0.392 e. The topological polar surface area (TPSA) is 49.3 Å². The molecule has 0 aromatic carbocycles. The fraction of sp³-hybridized carbons (Fsp3) is 0.700. The quantitative estimate of drug-likeness (QED) is 0.374. The first-order chi connectivity index (χ1) is 6.31. The highest BCUT2D eigenvalue weighted by molar-refractivity contribution is 6.83. The number of carbonyl (C=O) groups excluding carboxylic acids is 1. The molecule has 1 amide bonds. The first-order valence-electron chi connectivity index (χ1n) is 4.82. The lowest BCUT2D eigenvalue weighted by Crippen LogP contribution is -2.61. The van der Waals surface area contributed by atoms with Crippen LogP contribution in [-0.2, 0) is 4.79 Å². The molecule has 0 saturated carbocycles. The Bertz CT molecular complexity index is 295. The summed E-state index contributed by atoms with van der Waals surface area (Å²) in [6, 6.07) is -0.144. The molecule has 3 atom stereocenters. The largest absolute Gasteiger partial charge is 0.392 e. The van der Waals surface area contributed by atoms with Gasteiger partial charge in [-0.1, -0.05) is 25.6 Å². The van der Waals surface area contributed by atoms with Crippen LogP contribution in [0.25, 0.3) is 0 Å². The molecule has 1 fully saturated rings. The average Bonchev–Trinajstić information content (AvgIpc) is 1.93. The summed E-state index contributed by atoms with van der Waals surface area (Å²) in [5.74, 6) is 2.62. The Balaban J connectivity index is 2.63. The van der Waals surface area contributed by atoms with E-state index in [-0.39, 0.29) is 17.9 Å². The van der Waals surface area contributed by atoms with Gasteiger partial charge in [0.1, 0.15) is 14.1 Å². The Hall–Kier alpha value is -0.793. The third kappa shape index (κ3) is 2.60. The summed E-state index contributed by atoms with van der Waals surface area (Å²) in [5.41, 5.74) is 3.19. The van der Waals surface area contributed by atoms with E-state index in [4.69, 9.17) is 0 Å². The van der Waals surface area contributed by atoms with E-state index < -0.39 is 14.2 Å². The Kier molecular flexibility index (Phi) is 3.03. The zero-order valence-electron chi connectivity index (χ0n) is 9.09. The zero-order chi connectivity index (χ0) is 10.9. The summed E-state index contributed by atoms with van der Waals surface area (Å²) in [6.07, 6.45) is -0.607. The molecule has 1 rings (SSSR count). The normalized spacial score (nSPS) is 28.2. The molecule has 4 heteroatoms. The molecule has 3 nitrogen and oxygen atoms in total. The van der Waals surface area contributed by atoms with Gasteiger partial charge in [-0.15, -0.1) is 5.54 Å². The number of aliphatic hydroxyl groups is 1. The Labute approximate surface area is 85.9 Å². The summed E-state index contributed by atoms with van der Waals surface area (Å²) in [5, 5.41) is 12.0. The van der Waals surface area contributed by atoms with E-state index in [1.807, 2.05) is 0 Å². The predicted octanol–water partition coefficient (Wildman–Crippen LogP) is 0.363. The first-order valence-corrected chi connectivity index (χ1v) is 8.32. The van der Waals surface area contributed by atoms with Crippen molar-refractivity contribution in [2.24, 2.45) is 5.92 Å². The van der Waals surface area contributed by atoms with Gasteiger partial charge in [0.25, 0.3) is 0 Å². The van der Waals surface area contributed by atoms with E-state index in [0.29, 0.717) is 0 Å². The smallest absolute Gasteiger partial charge is 0.229 e. The van der Waals surface area contributed by atoms with Crippen LogP contribution in [-0.4, -0.2) is 31.2 Å². The second-order valence-electron chi connectivity index (χ2n) is 4.77. The van der Waals surface area contributed by atoms with Crippen LogP contribution in [0.4, 0.5) is 0 Å². The van der Waals surface area contributed by atoms with Gasteiger partial charge in [0, 0.05) is 0 Å². The van der Waals surface area contributed by atoms with Crippen molar-refractivity contribution in [3.63, 3.8) is 0 Å². The minimum absolute atomic E-state index is 0.0881. The molecule has 78 valence electrons. The lowest BCUT2D eigenvalue weighted by molar-refractivity contribution is -0.138. The number of hydrogen-bond donors (Lipinski definition) is 2. The molecule has 0 aromatic rings. The van der Waals surface area contributed by atoms with Crippen molar-refractivity contribution in [3.05, 3.63) is 0 Å². The molecule has 1 aliphatic rings. The van der Waals surface area contributed by atoms with Gasteiger partial charge >= 0.3 is 0 Å². The molecule has 2 N–H and O–H groups in total. The highest BCUT2D eigenvalue weighted by atomic mass is 28.3. The van der Waals surface area contributed by atoms with Crippen LogP contribution < -0.4 is 5.32 Å². The van der Waals surface area contributed by atoms with E-state index in [0.717, 1.165) is 0 Å². The molecule has 1 saturated heterocycles. The van der Waals surface area contributed by atoms with Crippen molar-refractivity contribution < 1.29 is 9.90 Å². The van der Waals surface area contributed by atoms with Crippen molar-refractivity contribution in [1.29, 1.82) is 0 Å². The van der Waals surface area contributed by atoms with E-state index in [1.54, 1.807) is 6.92 Å². The van der Waals surface area contributed by atoms with Gasteiger partial charge in [0.15, 0.2) is 0 Å². The number of hydrogen-bond acceptors (Lipinski definition) is 2. The van der Waals surface area contributed by atoms with Gasteiger partial charge in [-0.3, -0.25) is 4.79 Å². The predicted molar refractivity (Wildman–Crippen MR) is 58.2 cm³/mol. The van der Waals surface area contributed by atoms with Gasteiger partial charge in [-0.25, -0.2) is 0 Å². The van der Waals surface area contributed by atoms with Gasteiger partial charge < -0.3 is 10.4 Å². The molecular formula is C10H17NO2Si. The van der Waals surface area contributed by atoms with Crippen molar-refractivity contribution >= 4 is 14.0 Å². The van der Waals surface area contributed by atoms with Crippen molar-refractivity contribution in [3.8, 4) is 11.5 Å². The molecular weight excluding hydrogens is 194 g/mol. The summed E-state index contributed by atoms with van der Waals surface area (Å²) >= 11 is 0. The number of β-lactam (4-membered cyclic amide) rings is 1. The minimum atomic E-state index is -1.38.